The van der Waals surface area contributed by atoms with Crippen LogP contribution in [-0.2, 0) is 11.3 Å². The first-order valence-corrected chi connectivity index (χ1v) is 8.54. The normalized spacial score (nSPS) is 10.9. The lowest BCUT2D eigenvalue weighted by atomic mass is 10.1. The maximum Gasteiger partial charge on any atom is 0.387 e. The van der Waals surface area contributed by atoms with Crippen LogP contribution in [0.4, 0.5) is 14.6 Å². The first-order chi connectivity index (χ1) is 13.5. The molecule has 28 heavy (non-hydrogen) atoms. The minimum atomic E-state index is -2.97. The fourth-order valence-electron chi connectivity index (χ4n) is 2.64. The van der Waals surface area contributed by atoms with Gasteiger partial charge in [0.25, 0.3) is 5.91 Å². The fourth-order valence-corrected chi connectivity index (χ4v) is 2.76. The fraction of sp³-hybridized carbons (Fsp3) is 0.158. The monoisotopic (exact) mass is 407 g/mol. The van der Waals surface area contributed by atoms with Crippen molar-refractivity contribution >= 4 is 23.3 Å². The molecule has 0 fully saturated rings. The standard InChI is InChI=1S/C19H16ClF2N3O3/c1-27-10-15-16(11-5-7-13(20)8-6-11)17(25-24-15)23-18(26)12-3-2-4-14(9-12)28-19(21)22/h2-9,19H,10H2,1H3,(H2,23,24,25,26). The smallest absolute Gasteiger partial charge is 0.387 e. The molecule has 3 rings (SSSR count). The van der Waals surface area contributed by atoms with Crippen molar-refractivity contribution in [3.8, 4) is 16.9 Å². The first-order valence-electron chi connectivity index (χ1n) is 8.16. The third kappa shape index (κ3) is 4.65. The van der Waals surface area contributed by atoms with Gasteiger partial charge in [-0.15, -0.1) is 0 Å². The van der Waals surface area contributed by atoms with E-state index in [4.69, 9.17) is 16.3 Å². The molecule has 1 heterocycles. The number of benzene rings is 2. The molecule has 0 aliphatic carbocycles. The number of hydrogen-bond acceptors (Lipinski definition) is 4. The predicted octanol–water partition coefficient (Wildman–Crippen LogP) is 4.73. The van der Waals surface area contributed by atoms with Crippen molar-refractivity contribution in [2.45, 2.75) is 13.2 Å². The summed E-state index contributed by atoms with van der Waals surface area (Å²) >= 11 is 5.95. The van der Waals surface area contributed by atoms with Crippen LogP contribution in [0, 0.1) is 0 Å². The molecule has 0 bridgehead atoms. The quantitative estimate of drug-likeness (QED) is 0.593. The van der Waals surface area contributed by atoms with E-state index < -0.39 is 12.5 Å². The molecule has 6 nitrogen and oxygen atoms in total. The Labute approximate surface area is 164 Å². The van der Waals surface area contributed by atoms with Gasteiger partial charge in [-0.25, -0.2) is 0 Å². The number of aromatic nitrogens is 2. The van der Waals surface area contributed by atoms with Gasteiger partial charge in [0.2, 0.25) is 0 Å². The van der Waals surface area contributed by atoms with Crippen LogP contribution in [0.2, 0.25) is 5.02 Å². The summed E-state index contributed by atoms with van der Waals surface area (Å²) in [6.07, 6.45) is 0. The van der Waals surface area contributed by atoms with E-state index in [-0.39, 0.29) is 23.7 Å². The number of anilines is 1. The van der Waals surface area contributed by atoms with Gasteiger partial charge >= 0.3 is 6.61 Å². The van der Waals surface area contributed by atoms with Crippen LogP contribution in [0.1, 0.15) is 16.1 Å². The van der Waals surface area contributed by atoms with Crippen molar-refractivity contribution in [1.29, 1.82) is 0 Å². The van der Waals surface area contributed by atoms with Gasteiger partial charge in [0, 0.05) is 23.3 Å². The zero-order valence-electron chi connectivity index (χ0n) is 14.7. The number of ether oxygens (including phenoxy) is 2. The number of alkyl halides is 2. The zero-order valence-corrected chi connectivity index (χ0v) is 15.5. The van der Waals surface area contributed by atoms with Gasteiger partial charge in [-0.1, -0.05) is 29.8 Å². The van der Waals surface area contributed by atoms with E-state index in [1.165, 1.54) is 24.3 Å². The van der Waals surface area contributed by atoms with Crippen molar-refractivity contribution < 1.29 is 23.0 Å². The molecule has 0 saturated heterocycles. The average Bonchev–Trinajstić information content (AvgIpc) is 3.04. The Morgan fingerprint density at radius 2 is 2.00 bits per heavy atom. The first kappa shape index (κ1) is 19.8. The third-order valence-electron chi connectivity index (χ3n) is 3.82. The molecule has 2 aromatic carbocycles. The molecule has 0 unspecified atom stereocenters. The van der Waals surface area contributed by atoms with Gasteiger partial charge in [-0.05, 0) is 35.9 Å². The Morgan fingerprint density at radius 1 is 1.25 bits per heavy atom. The summed E-state index contributed by atoms with van der Waals surface area (Å²) in [7, 11) is 1.54. The lowest BCUT2D eigenvalue weighted by molar-refractivity contribution is -0.0498. The third-order valence-corrected chi connectivity index (χ3v) is 4.07. The number of rotatable bonds is 7. The van der Waals surface area contributed by atoms with Crippen molar-refractivity contribution in [3.05, 3.63) is 64.8 Å². The van der Waals surface area contributed by atoms with Crippen molar-refractivity contribution in [2.75, 3.05) is 12.4 Å². The van der Waals surface area contributed by atoms with Crippen molar-refractivity contribution in [3.63, 3.8) is 0 Å². The van der Waals surface area contributed by atoms with Crippen LogP contribution in [0.3, 0.4) is 0 Å². The van der Waals surface area contributed by atoms with E-state index >= 15 is 0 Å². The van der Waals surface area contributed by atoms with Gasteiger partial charge in [0.1, 0.15) is 5.75 Å². The van der Waals surface area contributed by atoms with Crippen LogP contribution >= 0.6 is 11.6 Å². The average molecular weight is 408 g/mol. The van der Waals surface area contributed by atoms with E-state index in [2.05, 4.69) is 20.3 Å². The minimum absolute atomic E-state index is 0.109. The Morgan fingerprint density at radius 3 is 2.68 bits per heavy atom. The second-order valence-electron chi connectivity index (χ2n) is 5.73. The molecular weight excluding hydrogens is 392 g/mol. The maximum atomic E-state index is 12.6. The lowest BCUT2D eigenvalue weighted by Crippen LogP contribution is -2.13. The van der Waals surface area contributed by atoms with E-state index in [9.17, 15) is 13.6 Å². The topological polar surface area (TPSA) is 76.2 Å². The molecule has 0 radical (unpaired) electrons. The van der Waals surface area contributed by atoms with E-state index in [1.54, 1.807) is 31.4 Å². The van der Waals surface area contributed by atoms with Gasteiger partial charge < -0.3 is 14.8 Å². The number of halogens is 3. The van der Waals surface area contributed by atoms with Crippen molar-refractivity contribution in [1.82, 2.24) is 10.2 Å². The van der Waals surface area contributed by atoms with E-state index in [1.807, 2.05) is 0 Å². The number of methoxy groups -OCH3 is 1. The zero-order chi connectivity index (χ0) is 20.1. The molecule has 0 spiro atoms. The number of H-pyrrole nitrogens is 1. The molecule has 0 saturated carbocycles. The molecule has 0 atom stereocenters. The predicted molar refractivity (Wildman–Crippen MR) is 101 cm³/mol. The molecular formula is C19H16ClF2N3O3. The van der Waals surface area contributed by atoms with Gasteiger partial charge in [0.05, 0.1) is 12.3 Å². The SMILES string of the molecule is COCc1[nH]nc(NC(=O)c2cccc(OC(F)F)c2)c1-c1ccc(Cl)cc1. The number of hydrogen-bond donors (Lipinski definition) is 2. The summed E-state index contributed by atoms with van der Waals surface area (Å²) in [5.74, 6) is -0.354. The minimum Gasteiger partial charge on any atom is -0.435 e. The number of nitrogens with one attached hydrogen (secondary N) is 2. The summed E-state index contributed by atoms with van der Waals surface area (Å²) < 4.78 is 34.3. The van der Waals surface area contributed by atoms with Gasteiger partial charge in [-0.3, -0.25) is 9.89 Å². The maximum absolute atomic E-state index is 12.6. The highest BCUT2D eigenvalue weighted by atomic mass is 35.5. The summed E-state index contributed by atoms with van der Waals surface area (Å²) in [6.45, 7) is -2.73. The molecule has 146 valence electrons. The largest absolute Gasteiger partial charge is 0.435 e. The Balaban J connectivity index is 1.90. The van der Waals surface area contributed by atoms with Crippen molar-refractivity contribution in [2.24, 2.45) is 0 Å². The number of amides is 1. The summed E-state index contributed by atoms with van der Waals surface area (Å²) in [6, 6.07) is 12.5. The summed E-state index contributed by atoms with van der Waals surface area (Å²) in [4.78, 5) is 12.6. The molecule has 0 aliphatic rings. The van der Waals surface area contributed by atoms with Crippen LogP contribution in [0.5, 0.6) is 5.75 Å². The van der Waals surface area contributed by atoms with Gasteiger partial charge in [-0.2, -0.15) is 13.9 Å². The Bertz CT molecular complexity index is 961. The second-order valence-corrected chi connectivity index (χ2v) is 6.16. The van der Waals surface area contributed by atoms with Crippen LogP contribution in [-0.4, -0.2) is 29.8 Å². The Hall–Kier alpha value is -2.97. The molecule has 3 aromatic rings. The van der Waals surface area contributed by atoms with E-state index in [0.29, 0.717) is 16.3 Å². The molecule has 0 aliphatic heterocycles. The highest BCUT2D eigenvalue weighted by molar-refractivity contribution is 6.30. The second kappa shape index (κ2) is 8.81. The number of carbonyl (C=O) groups excluding carboxylic acids is 1. The Kier molecular flexibility index (Phi) is 6.23. The highest BCUT2D eigenvalue weighted by Gasteiger charge is 2.18. The van der Waals surface area contributed by atoms with Gasteiger partial charge in [0.15, 0.2) is 5.82 Å². The van der Waals surface area contributed by atoms with E-state index in [0.717, 1.165) is 5.56 Å². The molecule has 2 N–H and O–H groups in total. The summed E-state index contributed by atoms with van der Waals surface area (Å²) in [5, 5.41) is 10.2. The van der Waals surface area contributed by atoms with Crippen LogP contribution in [0.25, 0.3) is 11.1 Å². The number of carbonyl (C=O) groups is 1. The lowest BCUT2D eigenvalue weighted by Gasteiger charge is -2.09. The highest BCUT2D eigenvalue weighted by Crippen LogP contribution is 2.31. The summed E-state index contributed by atoms with van der Waals surface area (Å²) in [5.41, 5.74) is 2.23. The van der Waals surface area contributed by atoms with Crippen LogP contribution < -0.4 is 10.1 Å². The molecule has 1 amide bonds. The molecule has 9 heteroatoms. The molecule has 1 aromatic heterocycles. The number of nitrogens with zero attached hydrogens (tertiary/aromatic N) is 1. The number of aromatic amines is 1. The van der Waals surface area contributed by atoms with Crippen LogP contribution in [0.15, 0.2) is 48.5 Å².